The maximum absolute atomic E-state index is 10.4. The number of guanidine groups is 1. The van der Waals surface area contributed by atoms with Gasteiger partial charge in [0.15, 0.2) is 5.96 Å². The average Bonchev–Trinajstić information content (AvgIpc) is 2.45. The van der Waals surface area contributed by atoms with Crippen LogP contribution in [0.5, 0.6) is 0 Å². The van der Waals surface area contributed by atoms with Crippen LogP contribution in [0.25, 0.3) is 0 Å². The number of rotatable bonds is 8. The highest BCUT2D eigenvalue weighted by molar-refractivity contribution is 5.79. The zero-order chi connectivity index (χ0) is 14.7. The maximum Gasteiger partial charge on any atom is 0.191 e. The molecule has 20 heavy (non-hydrogen) atoms. The van der Waals surface area contributed by atoms with Crippen molar-refractivity contribution in [3.63, 3.8) is 0 Å². The van der Waals surface area contributed by atoms with E-state index in [0.29, 0.717) is 6.54 Å². The summed E-state index contributed by atoms with van der Waals surface area (Å²) in [4.78, 5) is 4.53. The first-order valence-electron chi connectivity index (χ1n) is 8.02. The Morgan fingerprint density at radius 3 is 2.60 bits per heavy atom. The van der Waals surface area contributed by atoms with Crippen molar-refractivity contribution < 1.29 is 9.84 Å². The average molecular weight is 285 g/mol. The first kappa shape index (κ1) is 17.2. The van der Waals surface area contributed by atoms with Crippen LogP contribution in [0, 0.1) is 0 Å². The van der Waals surface area contributed by atoms with E-state index >= 15 is 0 Å². The van der Waals surface area contributed by atoms with E-state index in [2.05, 4.69) is 15.6 Å². The van der Waals surface area contributed by atoms with E-state index in [1.807, 2.05) is 13.8 Å². The first-order valence-corrected chi connectivity index (χ1v) is 8.02. The van der Waals surface area contributed by atoms with Crippen LogP contribution in [0.2, 0.25) is 0 Å². The third-order valence-electron chi connectivity index (χ3n) is 3.62. The molecule has 5 heteroatoms. The van der Waals surface area contributed by atoms with Crippen molar-refractivity contribution in [3.8, 4) is 0 Å². The summed E-state index contributed by atoms with van der Waals surface area (Å²) in [6.07, 6.45) is 6.18. The van der Waals surface area contributed by atoms with E-state index < -0.39 is 5.60 Å². The molecule has 0 spiro atoms. The van der Waals surface area contributed by atoms with Gasteiger partial charge in [-0.1, -0.05) is 19.3 Å². The molecule has 1 saturated carbocycles. The van der Waals surface area contributed by atoms with Crippen molar-refractivity contribution in [2.24, 2.45) is 4.99 Å². The van der Waals surface area contributed by atoms with Gasteiger partial charge < -0.3 is 20.5 Å². The molecule has 0 atom stereocenters. The van der Waals surface area contributed by atoms with Crippen LogP contribution in [-0.2, 0) is 4.74 Å². The fourth-order valence-corrected chi connectivity index (χ4v) is 2.46. The summed E-state index contributed by atoms with van der Waals surface area (Å²) in [6.45, 7) is 7.75. The minimum absolute atomic E-state index is 0.494. The molecule has 1 aliphatic rings. The summed E-state index contributed by atoms with van der Waals surface area (Å²) in [5.74, 6) is 0.794. The Kier molecular flexibility index (Phi) is 8.62. The van der Waals surface area contributed by atoms with Crippen molar-refractivity contribution in [2.75, 3.05) is 32.8 Å². The minimum Gasteiger partial charge on any atom is -0.388 e. The van der Waals surface area contributed by atoms with Gasteiger partial charge in [0.2, 0.25) is 0 Å². The molecule has 1 fully saturated rings. The lowest BCUT2D eigenvalue weighted by Crippen LogP contribution is -2.41. The molecule has 0 aromatic heterocycles. The molecular weight excluding hydrogens is 254 g/mol. The second-order valence-corrected chi connectivity index (χ2v) is 5.46. The number of nitrogens with one attached hydrogen (secondary N) is 2. The summed E-state index contributed by atoms with van der Waals surface area (Å²) < 4.78 is 5.31. The number of hydrogen-bond acceptors (Lipinski definition) is 3. The number of nitrogens with zero attached hydrogens (tertiary/aromatic N) is 1. The monoisotopic (exact) mass is 285 g/mol. The van der Waals surface area contributed by atoms with Crippen molar-refractivity contribution in [1.82, 2.24) is 10.6 Å². The van der Waals surface area contributed by atoms with Gasteiger partial charge in [-0.2, -0.15) is 0 Å². The third-order valence-corrected chi connectivity index (χ3v) is 3.62. The zero-order valence-electron chi connectivity index (χ0n) is 13.1. The summed E-state index contributed by atoms with van der Waals surface area (Å²) in [7, 11) is 0. The van der Waals surface area contributed by atoms with Gasteiger partial charge in [0.05, 0.1) is 12.1 Å². The molecular formula is C15H31N3O2. The van der Waals surface area contributed by atoms with E-state index in [1.165, 1.54) is 6.42 Å². The Labute approximate surface area is 123 Å². The van der Waals surface area contributed by atoms with Crippen LogP contribution in [0.3, 0.4) is 0 Å². The first-order chi connectivity index (χ1) is 9.70. The van der Waals surface area contributed by atoms with Crippen LogP contribution in [0.4, 0.5) is 0 Å². The number of hydrogen-bond donors (Lipinski definition) is 3. The molecule has 3 N–H and O–H groups in total. The summed E-state index contributed by atoms with van der Waals surface area (Å²) in [6, 6.07) is 0. The molecule has 0 aliphatic heterocycles. The van der Waals surface area contributed by atoms with Gasteiger partial charge in [-0.15, -0.1) is 0 Å². The fourth-order valence-electron chi connectivity index (χ4n) is 2.46. The minimum atomic E-state index is -0.591. The van der Waals surface area contributed by atoms with Crippen LogP contribution < -0.4 is 10.6 Å². The molecule has 1 rings (SSSR count). The number of ether oxygens (including phenoxy) is 1. The quantitative estimate of drug-likeness (QED) is 0.360. The standard InChI is InChI=1S/C15H31N3O2/c1-3-16-14(17-11-8-12-20-4-2)18-13-15(19)9-6-5-7-10-15/h19H,3-13H2,1-2H3,(H2,16,17,18). The van der Waals surface area contributed by atoms with E-state index in [1.54, 1.807) is 0 Å². The van der Waals surface area contributed by atoms with Gasteiger partial charge >= 0.3 is 0 Å². The van der Waals surface area contributed by atoms with Crippen molar-refractivity contribution in [3.05, 3.63) is 0 Å². The molecule has 0 radical (unpaired) electrons. The molecule has 1 aliphatic carbocycles. The summed E-state index contributed by atoms with van der Waals surface area (Å²) >= 11 is 0. The molecule has 0 amide bonds. The van der Waals surface area contributed by atoms with Gasteiger partial charge in [-0.05, 0) is 33.1 Å². The zero-order valence-corrected chi connectivity index (χ0v) is 13.1. The molecule has 0 heterocycles. The molecule has 5 nitrogen and oxygen atoms in total. The predicted octanol–water partition coefficient (Wildman–Crippen LogP) is 1.66. The lowest BCUT2D eigenvalue weighted by Gasteiger charge is -2.30. The van der Waals surface area contributed by atoms with Gasteiger partial charge in [0.1, 0.15) is 0 Å². The Balaban J connectivity index is 2.33. The van der Waals surface area contributed by atoms with Crippen molar-refractivity contribution in [2.45, 2.75) is 58.0 Å². The lowest BCUT2D eigenvalue weighted by atomic mass is 9.85. The highest BCUT2D eigenvalue weighted by Gasteiger charge is 2.28. The molecule has 0 aromatic rings. The molecule has 0 bridgehead atoms. The largest absolute Gasteiger partial charge is 0.388 e. The van der Waals surface area contributed by atoms with Crippen molar-refractivity contribution >= 4 is 5.96 Å². The number of aliphatic hydroxyl groups is 1. The SMILES string of the molecule is CCNC(=NCC1(O)CCCCC1)NCCCOCC. The van der Waals surface area contributed by atoms with Crippen LogP contribution >= 0.6 is 0 Å². The maximum atomic E-state index is 10.4. The van der Waals surface area contributed by atoms with Crippen molar-refractivity contribution in [1.29, 1.82) is 0 Å². The van der Waals surface area contributed by atoms with Crippen LogP contribution in [-0.4, -0.2) is 49.5 Å². The van der Waals surface area contributed by atoms with Gasteiger partial charge in [0.25, 0.3) is 0 Å². The van der Waals surface area contributed by atoms with Crippen LogP contribution in [0.15, 0.2) is 4.99 Å². The highest BCUT2D eigenvalue weighted by atomic mass is 16.5. The fraction of sp³-hybridized carbons (Fsp3) is 0.933. The van der Waals surface area contributed by atoms with E-state index in [4.69, 9.17) is 4.74 Å². The second kappa shape index (κ2) is 10.00. The number of aliphatic imine (C=N–C) groups is 1. The Hall–Kier alpha value is -0.810. The normalized spacial score (nSPS) is 18.9. The van der Waals surface area contributed by atoms with E-state index in [-0.39, 0.29) is 0 Å². The lowest BCUT2D eigenvalue weighted by molar-refractivity contribution is 0.0131. The summed E-state index contributed by atoms with van der Waals surface area (Å²) in [5, 5.41) is 16.9. The molecule has 118 valence electrons. The van der Waals surface area contributed by atoms with Gasteiger partial charge in [-0.3, -0.25) is 4.99 Å². The van der Waals surface area contributed by atoms with Gasteiger partial charge in [0, 0.05) is 26.3 Å². The topological polar surface area (TPSA) is 65.9 Å². The molecule has 0 unspecified atom stereocenters. The van der Waals surface area contributed by atoms with E-state index in [9.17, 15) is 5.11 Å². The van der Waals surface area contributed by atoms with E-state index in [0.717, 1.165) is 64.4 Å². The Bertz CT molecular complexity index is 276. The van der Waals surface area contributed by atoms with Crippen LogP contribution in [0.1, 0.15) is 52.4 Å². The highest BCUT2D eigenvalue weighted by Crippen LogP contribution is 2.28. The smallest absolute Gasteiger partial charge is 0.191 e. The molecule has 0 saturated heterocycles. The Morgan fingerprint density at radius 1 is 1.20 bits per heavy atom. The Morgan fingerprint density at radius 2 is 1.95 bits per heavy atom. The predicted molar refractivity (Wildman–Crippen MR) is 83.1 cm³/mol. The molecule has 0 aromatic carbocycles. The third kappa shape index (κ3) is 7.10. The van der Waals surface area contributed by atoms with Gasteiger partial charge in [-0.25, -0.2) is 0 Å². The second-order valence-electron chi connectivity index (χ2n) is 5.46. The summed E-state index contributed by atoms with van der Waals surface area (Å²) in [5.41, 5.74) is -0.591.